The number of aromatic nitrogens is 3. The summed E-state index contributed by atoms with van der Waals surface area (Å²) in [4.78, 5) is 20.3. The summed E-state index contributed by atoms with van der Waals surface area (Å²) >= 11 is 0. The van der Waals surface area contributed by atoms with Gasteiger partial charge in [-0.2, -0.15) is 5.10 Å². The predicted octanol–water partition coefficient (Wildman–Crippen LogP) is 4.04. The fraction of sp³-hybridized carbons (Fsp3) is 0.381. The Balaban J connectivity index is 1.86. The van der Waals surface area contributed by atoms with Gasteiger partial charge in [0.25, 0.3) is 5.91 Å². The van der Waals surface area contributed by atoms with Crippen molar-refractivity contribution in [1.82, 2.24) is 19.7 Å². The van der Waals surface area contributed by atoms with Crippen LogP contribution in [0.1, 0.15) is 43.5 Å². The number of carbonyl (C=O) groups excluding carboxylic acids is 1. The SMILES string of the molecule is C[C@@H]1CCC[C@H](C)N1C(=O)c1cc(-c2cnn(C)c2)nc2ccccc12. The highest BCUT2D eigenvalue weighted by Gasteiger charge is 2.30. The smallest absolute Gasteiger partial charge is 0.255 e. The van der Waals surface area contributed by atoms with Crippen LogP contribution < -0.4 is 0 Å². The highest BCUT2D eigenvalue weighted by Crippen LogP contribution is 2.29. The first-order valence-corrected chi connectivity index (χ1v) is 9.26. The Morgan fingerprint density at radius 3 is 2.58 bits per heavy atom. The quantitative estimate of drug-likeness (QED) is 0.702. The molecule has 0 bridgehead atoms. The molecule has 1 aliphatic heterocycles. The van der Waals surface area contributed by atoms with E-state index in [1.165, 1.54) is 6.42 Å². The van der Waals surface area contributed by atoms with E-state index in [2.05, 4.69) is 23.8 Å². The molecule has 0 spiro atoms. The number of carbonyl (C=O) groups is 1. The number of amides is 1. The molecule has 3 heterocycles. The monoisotopic (exact) mass is 348 g/mol. The summed E-state index contributed by atoms with van der Waals surface area (Å²) < 4.78 is 1.75. The van der Waals surface area contributed by atoms with Gasteiger partial charge in [0.05, 0.1) is 23.0 Å². The molecule has 26 heavy (non-hydrogen) atoms. The normalized spacial score (nSPS) is 20.5. The molecule has 5 nitrogen and oxygen atoms in total. The van der Waals surface area contributed by atoms with Crippen LogP contribution in [-0.4, -0.2) is 37.7 Å². The number of hydrogen-bond donors (Lipinski definition) is 0. The molecule has 1 aromatic carbocycles. The lowest BCUT2D eigenvalue weighted by Gasteiger charge is -2.39. The molecule has 2 atom stereocenters. The Bertz CT molecular complexity index is 952. The van der Waals surface area contributed by atoms with E-state index in [4.69, 9.17) is 4.98 Å². The van der Waals surface area contributed by atoms with Gasteiger partial charge in [0.2, 0.25) is 0 Å². The van der Waals surface area contributed by atoms with Crippen molar-refractivity contribution < 1.29 is 4.79 Å². The van der Waals surface area contributed by atoms with Crippen LogP contribution in [0, 0.1) is 0 Å². The predicted molar refractivity (Wildman–Crippen MR) is 103 cm³/mol. The second-order valence-corrected chi connectivity index (χ2v) is 7.32. The molecule has 1 aliphatic rings. The zero-order chi connectivity index (χ0) is 18.3. The van der Waals surface area contributed by atoms with Crippen LogP contribution in [0.5, 0.6) is 0 Å². The van der Waals surface area contributed by atoms with Gasteiger partial charge in [-0.05, 0) is 45.2 Å². The molecule has 0 radical (unpaired) electrons. The summed E-state index contributed by atoms with van der Waals surface area (Å²) in [5, 5.41) is 5.16. The summed E-state index contributed by atoms with van der Waals surface area (Å²) in [5.74, 6) is 0.105. The molecular formula is C21H24N4O. The first kappa shape index (κ1) is 16.8. The molecule has 0 unspecified atom stereocenters. The molecule has 1 fully saturated rings. The van der Waals surface area contributed by atoms with E-state index in [-0.39, 0.29) is 18.0 Å². The third kappa shape index (κ3) is 2.87. The Labute approximate surface area is 153 Å². The lowest BCUT2D eigenvalue weighted by Crippen LogP contribution is -2.47. The van der Waals surface area contributed by atoms with Gasteiger partial charge in [0.1, 0.15) is 0 Å². The second kappa shape index (κ2) is 6.56. The summed E-state index contributed by atoms with van der Waals surface area (Å²) in [7, 11) is 1.88. The van der Waals surface area contributed by atoms with Gasteiger partial charge in [-0.15, -0.1) is 0 Å². The van der Waals surface area contributed by atoms with Crippen LogP contribution in [0.3, 0.4) is 0 Å². The van der Waals surface area contributed by atoms with Crippen molar-refractivity contribution in [1.29, 1.82) is 0 Å². The van der Waals surface area contributed by atoms with E-state index in [0.29, 0.717) is 0 Å². The first-order valence-electron chi connectivity index (χ1n) is 9.26. The Morgan fingerprint density at radius 2 is 1.88 bits per heavy atom. The Morgan fingerprint density at radius 1 is 1.15 bits per heavy atom. The number of fused-ring (bicyclic) bond motifs is 1. The zero-order valence-corrected chi connectivity index (χ0v) is 15.5. The lowest BCUT2D eigenvalue weighted by molar-refractivity contribution is 0.0513. The maximum Gasteiger partial charge on any atom is 0.255 e. The number of piperidine rings is 1. The minimum absolute atomic E-state index is 0.105. The standard InChI is InChI=1S/C21H24N4O/c1-14-7-6-8-15(2)25(14)21(26)18-11-20(16-12-22-24(3)13-16)23-19-10-5-4-9-17(18)19/h4-5,9-15H,6-8H2,1-3H3/t14-,15+. The number of aryl methyl sites for hydroxylation is 1. The van der Waals surface area contributed by atoms with E-state index in [0.717, 1.165) is 40.6 Å². The number of hydrogen-bond acceptors (Lipinski definition) is 3. The van der Waals surface area contributed by atoms with Crippen LogP contribution >= 0.6 is 0 Å². The van der Waals surface area contributed by atoms with E-state index in [1.807, 2.05) is 43.6 Å². The third-order valence-corrected chi connectivity index (χ3v) is 5.38. The van der Waals surface area contributed by atoms with Gasteiger partial charge in [-0.3, -0.25) is 9.48 Å². The summed E-state index contributed by atoms with van der Waals surface area (Å²) in [6.45, 7) is 4.30. The fourth-order valence-corrected chi connectivity index (χ4v) is 4.01. The number of nitrogens with zero attached hydrogens (tertiary/aromatic N) is 4. The van der Waals surface area contributed by atoms with Gasteiger partial charge >= 0.3 is 0 Å². The van der Waals surface area contributed by atoms with Crippen molar-refractivity contribution in [2.24, 2.45) is 7.05 Å². The summed E-state index contributed by atoms with van der Waals surface area (Å²) in [6.07, 6.45) is 7.03. The number of likely N-dealkylation sites (tertiary alicyclic amines) is 1. The molecule has 0 N–H and O–H groups in total. The lowest BCUT2D eigenvalue weighted by atomic mass is 9.95. The molecule has 134 valence electrons. The average molecular weight is 348 g/mol. The molecule has 0 aliphatic carbocycles. The largest absolute Gasteiger partial charge is 0.333 e. The minimum atomic E-state index is 0.105. The third-order valence-electron chi connectivity index (χ3n) is 5.38. The van der Waals surface area contributed by atoms with Gasteiger partial charge in [-0.1, -0.05) is 18.2 Å². The minimum Gasteiger partial charge on any atom is -0.333 e. The van der Waals surface area contributed by atoms with Crippen LogP contribution in [0.25, 0.3) is 22.2 Å². The van der Waals surface area contributed by atoms with Crippen LogP contribution in [-0.2, 0) is 7.05 Å². The van der Waals surface area contributed by atoms with Gasteiger partial charge < -0.3 is 4.90 Å². The summed E-state index contributed by atoms with van der Waals surface area (Å²) in [6, 6.07) is 10.3. The molecule has 4 rings (SSSR count). The number of benzene rings is 1. The average Bonchev–Trinajstić information content (AvgIpc) is 3.07. The molecule has 3 aromatic rings. The van der Waals surface area contributed by atoms with Crippen molar-refractivity contribution >= 4 is 16.8 Å². The number of pyridine rings is 1. The molecule has 0 saturated carbocycles. The van der Waals surface area contributed by atoms with Crippen molar-refractivity contribution in [2.45, 2.75) is 45.2 Å². The van der Waals surface area contributed by atoms with Gasteiger partial charge in [-0.25, -0.2) is 4.98 Å². The second-order valence-electron chi connectivity index (χ2n) is 7.32. The van der Waals surface area contributed by atoms with E-state index in [9.17, 15) is 4.79 Å². The highest BCUT2D eigenvalue weighted by atomic mass is 16.2. The Kier molecular flexibility index (Phi) is 4.23. The summed E-state index contributed by atoms with van der Waals surface area (Å²) in [5.41, 5.74) is 3.29. The Hall–Kier alpha value is -2.69. The zero-order valence-electron chi connectivity index (χ0n) is 15.5. The molecular weight excluding hydrogens is 324 g/mol. The van der Waals surface area contributed by atoms with E-state index >= 15 is 0 Å². The molecule has 1 amide bonds. The highest BCUT2D eigenvalue weighted by molar-refractivity contribution is 6.07. The van der Waals surface area contributed by atoms with Crippen LogP contribution in [0.2, 0.25) is 0 Å². The van der Waals surface area contributed by atoms with E-state index in [1.54, 1.807) is 10.9 Å². The topological polar surface area (TPSA) is 51.0 Å². The molecule has 1 saturated heterocycles. The fourth-order valence-electron chi connectivity index (χ4n) is 4.01. The van der Waals surface area contributed by atoms with Crippen molar-refractivity contribution in [3.05, 3.63) is 48.3 Å². The van der Waals surface area contributed by atoms with Gasteiger partial charge in [0, 0.05) is 36.3 Å². The van der Waals surface area contributed by atoms with Crippen molar-refractivity contribution in [2.75, 3.05) is 0 Å². The van der Waals surface area contributed by atoms with Crippen LogP contribution in [0.15, 0.2) is 42.7 Å². The van der Waals surface area contributed by atoms with E-state index < -0.39 is 0 Å². The van der Waals surface area contributed by atoms with Crippen LogP contribution in [0.4, 0.5) is 0 Å². The number of para-hydroxylation sites is 1. The molecule has 2 aromatic heterocycles. The first-order chi connectivity index (χ1) is 12.5. The maximum absolute atomic E-state index is 13.5. The van der Waals surface area contributed by atoms with Crippen molar-refractivity contribution in [3.63, 3.8) is 0 Å². The maximum atomic E-state index is 13.5. The number of rotatable bonds is 2. The van der Waals surface area contributed by atoms with Crippen molar-refractivity contribution in [3.8, 4) is 11.3 Å². The van der Waals surface area contributed by atoms with Gasteiger partial charge in [0.15, 0.2) is 0 Å². The molecule has 5 heteroatoms.